The number of rotatable bonds is 8. The minimum atomic E-state index is -3.91. The lowest BCUT2D eigenvalue weighted by Crippen LogP contribution is -2.42. The topological polar surface area (TPSA) is 122 Å². The summed E-state index contributed by atoms with van der Waals surface area (Å²) in [4.78, 5) is 37.0. The van der Waals surface area contributed by atoms with Gasteiger partial charge in [-0.25, -0.2) is 13.4 Å². The molecule has 1 saturated carbocycles. The summed E-state index contributed by atoms with van der Waals surface area (Å²) in [6, 6.07) is 7.32. The Morgan fingerprint density at radius 3 is 2.60 bits per heavy atom. The summed E-state index contributed by atoms with van der Waals surface area (Å²) in [7, 11) is -3.91. The third-order valence-corrected chi connectivity index (χ3v) is 9.38. The molecule has 2 aromatic heterocycles. The maximum atomic E-state index is 13.2. The fraction of sp³-hybridized carbons (Fsp3) is 0.375. The zero-order valence-corrected chi connectivity index (χ0v) is 21.2. The Morgan fingerprint density at radius 1 is 1.26 bits per heavy atom. The fourth-order valence-corrected chi connectivity index (χ4v) is 6.35. The molecule has 0 spiro atoms. The van der Waals surface area contributed by atoms with E-state index in [1.54, 1.807) is 12.3 Å². The fourth-order valence-electron chi connectivity index (χ4n) is 3.57. The van der Waals surface area contributed by atoms with Crippen LogP contribution in [0, 0.1) is 13.5 Å². The van der Waals surface area contributed by atoms with E-state index in [2.05, 4.69) is 25.4 Å². The zero-order valence-electron chi connectivity index (χ0n) is 19.5. The quantitative estimate of drug-likeness (QED) is 0.447. The molecule has 1 aromatic carbocycles. The third kappa shape index (κ3) is 5.33. The second kappa shape index (κ2) is 9.71. The average Bonchev–Trinajstić information content (AvgIpc) is 3.54. The molecule has 2 N–H and O–H groups in total. The Morgan fingerprint density at radius 2 is 2.00 bits per heavy atom. The van der Waals surface area contributed by atoms with Gasteiger partial charge in [-0.1, -0.05) is 12.6 Å². The van der Waals surface area contributed by atoms with Crippen molar-refractivity contribution in [1.82, 2.24) is 20.6 Å². The molecule has 9 nitrogen and oxygen atoms in total. The van der Waals surface area contributed by atoms with Crippen LogP contribution in [0.1, 0.15) is 42.5 Å². The lowest BCUT2D eigenvalue weighted by Gasteiger charge is -2.17. The van der Waals surface area contributed by atoms with Crippen molar-refractivity contribution in [1.29, 1.82) is 0 Å². The van der Waals surface area contributed by atoms with Gasteiger partial charge in [0.15, 0.2) is 15.1 Å². The number of amides is 2. The number of pyridine rings is 1. The summed E-state index contributed by atoms with van der Waals surface area (Å²) in [6.07, 6.45) is 3.45. The number of nitrogens with zero attached hydrogens (tertiary/aromatic N) is 3. The van der Waals surface area contributed by atoms with Crippen molar-refractivity contribution in [2.45, 2.75) is 50.2 Å². The van der Waals surface area contributed by atoms with Crippen LogP contribution in [0.25, 0.3) is 26.2 Å². The first kappa shape index (κ1) is 24.8. The molecule has 4 rings (SSSR count). The first-order valence-electron chi connectivity index (χ1n) is 11.1. The Labute approximate surface area is 207 Å². The molecule has 1 atom stereocenters. The van der Waals surface area contributed by atoms with Crippen LogP contribution in [-0.4, -0.2) is 48.0 Å². The largest absolute Gasteiger partial charge is 0.361 e. The Kier molecular flexibility index (Phi) is 6.87. The number of aromatic nitrogens is 2. The summed E-state index contributed by atoms with van der Waals surface area (Å²) in [6.45, 7) is 11.7. The van der Waals surface area contributed by atoms with E-state index in [-0.39, 0.29) is 23.5 Å². The van der Waals surface area contributed by atoms with Crippen molar-refractivity contribution < 1.29 is 18.0 Å². The average molecular weight is 512 g/mol. The number of thiazole rings is 1. The Hall–Kier alpha value is -3.36. The predicted octanol–water partition coefficient (Wildman–Crippen LogP) is 3.48. The van der Waals surface area contributed by atoms with Crippen LogP contribution in [-0.2, 0) is 19.4 Å². The highest BCUT2D eigenvalue weighted by Crippen LogP contribution is 2.36. The molecule has 3 aromatic rings. The second-order valence-corrected chi connectivity index (χ2v) is 12.4. The van der Waals surface area contributed by atoms with Crippen molar-refractivity contribution in [3.05, 3.63) is 52.5 Å². The van der Waals surface area contributed by atoms with Crippen molar-refractivity contribution in [2.24, 2.45) is 0 Å². The summed E-state index contributed by atoms with van der Waals surface area (Å²) >= 11 is 1.14. The van der Waals surface area contributed by atoms with E-state index in [1.165, 1.54) is 13.8 Å². The van der Waals surface area contributed by atoms with Crippen LogP contribution < -0.4 is 10.6 Å². The molecule has 2 heterocycles. The minimum Gasteiger partial charge on any atom is -0.361 e. The maximum Gasteiger partial charge on any atom is 0.269 e. The number of carbonyl (C=O) groups excluding carboxylic acids is 2. The van der Waals surface area contributed by atoms with Gasteiger partial charge in [-0.3, -0.25) is 9.59 Å². The van der Waals surface area contributed by atoms with Crippen LogP contribution in [0.5, 0.6) is 0 Å². The van der Waals surface area contributed by atoms with Gasteiger partial charge in [0.25, 0.3) is 5.82 Å². The Balaban J connectivity index is 1.68. The maximum absolute atomic E-state index is 13.2. The van der Waals surface area contributed by atoms with Gasteiger partial charge in [0.2, 0.25) is 11.8 Å². The van der Waals surface area contributed by atoms with E-state index >= 15 is 0 Å². The highest BCUT2D eigenvalue weighted by molar-refractivity contribution is 7.93. The molecular weight excluding hydrogens is 486 g/mol. The molecule has 11 heteroatoms. The van der Waals surface area contributed by atoms with Gasteiger partial charge in [-0.2, -0.15) is 0 Å². The van der Waals surface area contributed by atoms with E-state index in [4.69, 9.17) is 6.57 Å². The van der Waals surface area contributed by atoms with Gasteiger partial charge in [-0.15, -0.1) is 16.3 Å². The molecule has 0 saturated heterocycles. The van der Waals surface area contributed by atoms with E-state index in [0.717, 1.165) is 45.6 Å². The van der Waals surface area contributed by atoms with Gasteiger partial charge in [0.1, 0.15) is 11.2 Å². The molecule has 35 heavy (non-hydrogen) atoms. The highest BCUT2D eigenvalue weighted by Gasteiger charge is 2.39. The van der Waals surface area contributed by atoms with Crippen molar-refractivity contribution in [3.8, 4) is 11.1 Å². The summed E-state index contributed by atoms with van der Waals surface area (Å²) in [5.41, 5.74) is 3.18. The lowest BCUT2D eigenvalue weighted by molar-refractivity contribution is -0.126. The molecular formula is C24H25N5O4S2. The number of benzene rings is 1. The number of aryl methyl sites for hydroxylation is 1. The van der Waals surface area contributed by atoms with Crippen molar-refractivity contribution >= 4 is 49.0 Å². The number of hydrogen-bond acceptors (Lipinski definition) is 7. The van der Waals surface area contributed by atoms with Gasteiger partial charge >= 0.3 is 0 Å². The van der Waals surface area contributed by atoms with Crippen LogP contribution in [0.2, 0.25) is 0 Å². The number of sulfone groups is 1. The van der Waals surface area contributed by atoms with Crippen molar-refractivity contribution in [3.63, 3.8) is 0 Å². The smallest absolute Gasteiger partial charge is 0.269 e. The molecule has 1 unspecified atom stereocenters. The van der Waals surface area contributed by atoms with E-state index in [1.807, 2.05) is 25.1 Å². The summed E-state index contributed by atoms with van der Waals surface area (Å²) in [5, 5.41) is 3.08. The van der Waals surface area contributed by atoms with E-state index < -0.39 is 26.2 Å². The van der Waals surface area contributed by atoms with Crippen LogP contribution >= 0.6 is 11.3 Å². The lowest BCUT2D eigenvalue weighted by atomic mass is 10.0. The molecule has 0 aliphatic heterocycles. The minimum absolute atomic E-state index is 0.143. The molecule has 0 radical (unpaired) electrons. The molecule has 0 bridgehead atoms. The van der Waals surface area contributed by atoms with Crippen LogP contribution in [0.4, 0.5) is 5.82 Å². The first-order valence-corrected chi connectivity index (χ1v) is 13.6. The third-order valence-electron chi connectivity index (χ3n) is 5.74. The first-order chi connectivity index (χ1) is 16.6. The monoisotopic (exact) mass is 511 g/mol. The van der Waals surface area contributed by atoms with Gasteiger partial charge in [-0.05, 0) is 62.9 Å². The van der Waals surface area contributed by atoms with Gasteiger partial charge in [0.05, 0.1) is 22.0 Å². The predicted molar refractivity (Wildman–Crippen MR) is 135 cm³/mol. The standard InChI is InChI=1S/C24H25N5O4S2/c1-13(2)35(32,33)22(23(31)27-12-21(30)28-16-6-7-16)24-29-18-9-14(3)17(10-19(18)34-24)15-5-8-20(25-4)26-11-15/h5,8-11,13,16,22H,6-7,12H2,1-3H3,(H,27,31)(H,28,30). The van der Waals surface area contributed by atoms with Gasteiger partial charge < -0.3 is 15.5 Å². The Bertz CT molecular complexity index is 1440. The molecule has 182 valence electrons. The molecule has 1 aliphatic carbocycles. The van der Waals surface area contributed by atoms with Gasteiger partial charge in [0, 0.05) is 11.6 Å². The SMILES string of the molecule is [C-]#[N+]c1ccc(-c2cc3sc(C(C(=O)NCC(=O)NC4CC4)S(=O)(=O)C(C)C)nc3cc2C)cn1. The van der Waals surface area contributed by atoms with Crippen molar-refractivity contribution in [2.75, 3.05) is 6.54 Å². The zero-order chi connectivity index (χ0) is 25.3. The summed E-state index contributed by atoms with van der Waals surface area (Å²) in [5.74, 6) is -0.811. The van der Waals surface area contributed by atoms with Crippen LogP contribution in [0.15, 0.2) is 30.5 Å². The van der Waals surface area contributed by atoms with E-state index in [9.17, 15) is 18.0 Å². The summed E-state index contributed by atoms with van der Waals surface area (Å²) < 4.78 is 27.1. The number of nitrogens with one attached hydrogen (secondary N) is 2. The molecule has 1 aliphatic rings. The highest BCUT2D eigenvalue weighted by atomic mass is 32.2. The number of hydrogen-bond donors (Lipinski definition) is 2. The molecule has 1 fully saturated rings. The second-order valence-electron chi connectivity index (χ2n) is 8.78. The van der Waals surface area contributed by atoms with E-state index in [0.29, 0.717) is 11.3 Å². The number of fused-ring (bicyclic) bond motifs is 1. The molecule has 2 amide bonds. The number of carbonyl (C=O) groups is 2. The normalized spacial score (nSPS) is 14.5. The van der Waals surface area contributed by atoms with Crippen LogP contribution in [0.3, 0.4) is 0 Å².